The summed E-state index contributed by atoms with van der Waals surface area (Å²) in [7, 11) is 1.46. The van der Waals surface area contributed by atoms with E-state index in [2.05, 4.69) is 15.9 Å². The first-order valence-corrected chi connectivity index (χ1v) is 6.74. The summed E-state index contributed by atoms with van der Waals surface area (Å²) in [5.41, 5.74) is -0.0910. The van der Waals surface area contributed by atoms with Gasteiger partial charge in [-0.25, -0.2) is 4.39 Å². The molecule has 1 amide bonds. The minimum absolute atomic E-state index is 0.0560. The zero-order chi connectivity index (χ0) is 14.9. The molecule has 1 aliphatic rings. The molecule has 7 heteroatoms. The van der Waals surface area contributed by atoms with Crippen molar-refractivity contribution in [2.75, 3.05) is 20.3 Å². The highest BCUT2D eigenvalue weighted by molar-refractivity contribution is 9.10. The van der Waals surface area contributed by atoms with Crippen molar-refractivity contribution in [3.8, 4) is 0 Å². The monoisotopic (exact) mass is 345 g/mol. The smallest absolute Gasteiger partial charge is 0.311 e. The third-order valence-electron chi connectivity index (χ3n) is 3.35. The largest absolute Gasteiger partial charge is 0.481 e. The number of likely N-dealkylation sites (N-methyl/N-ethyl adjacent to an activating group) is 1. The summed E-state index contributed by atoms with van der Waals surface area (Å²) in [5.74, 6) is -3.02. The number of carbonyl (C=O) groups is 2. The van der Waals surface area contributed by atoms with Gasteiger partial charge in [-0.15, -0.1) is 0 Å². The predicted octanol–water partition coefficient (Wildman–Crippen LogP) is 1.76. The average Bonchev–Trinajstić information content (AvgIpc) is 2.86. The molecule has 1 aliphatic heterocycles. The Hall–Kier alpha value is -1.47. The number of carbonyl (C=O) groups excluding carboxylic acids is 1. The van der Waals surface area contributed by atoms with E-state index < -0.39 is 29.7 Å². The number of nitrogens with zero attached hydrogens (tertiary/aromatic N) is 1. The lowest BCUT2D eigenvalue weighted by Gasteiger charge is -2.26. The highest BCUT2D eigenvalue weighted by Crippen LogP contribution is 2.22. The van der Waals surface area contributed by atoms with Crippen molar-refractivity contribution in [1.82, 2.24) is 4.90 Å². The molecule has 1 aromatic rings. The minimum atomic E-state index is -1.02. The van der Waals surface area contributed by atoms with Crippen molar-refractivity contribution < 1.29 is 23.8 Å². The van der Waals surface area contributed by atoms with Crippen molar-refractivity contribution in [3.05, 3.63) is 34.1 Å². The van der Waals surface area contributed by atoms with E-state index in [1.165, 1.54) is 24.1 Å². The van der Waals surface area contributed by atoms with Gasteiger partial charge in [-0.1, -0.05) is 15.9 Å². The van der Waals surface area contributed by atoms with E-state index in [0.29, 0.717) is 4.47 Å². The number of amides is 1. The molecular weight excluding hydrogens is 333 g/mol. The van der Waals surface area contributed by atoms with Crippen molar-refractivity contribution in [1.29, 1.82) is 0 Å². The first-order chi connectivity index (χ1) is 9.41. The molecule has 1 aromatic carbocycles. The number of hydrogen-bond donors (Lipinski definition) is 1. The molecule has 108 valence electrons. The lowest BCUT2D eigenvalue weighted by atomic mass is 10.0. The maximum absolute atomic E-state index is 13.8. The van der Waals surface area contributed by atoms with Crippen LogP contribution in [0.1, 0.15) is 10.4 Å². The van der Waals surface area contributed by atoms with E-state index in [1.54, 1.807) is 6.07 Å². The molecule has 2 rings (SSSR count). The molecule has 1 fully saturated rings. The van der Waals surface area contributed by atoms with Gasteiger partial charge in [0.25, 0.3) is 5.91 Å². The normalized spacial score (nSPS) is 21.8. The lowest BCUT2D eigenvalue weighted by Crippen LogP contribution is -2.44. The molecule has 0 radical (unpaired) electrons. The zero-order valence-electron chi connectivity index (χ0n) is 10.7. The van der Waals surface area contributed by atoms with Crippen molar-refractivity contribution in [2.45, 2.75) is 6.04 Å². The van der Waals surface area contributed by atoms with Gasteiger partial charge in [-0.3, -0.25) is 9.59 Å². The van der Waals surface area contributed by atoms with Crippen LogP contribution in [0.15, 0.2) is 22.7 Å². The highest BCUT2D eigenvalue weighted by atomic mass is 79.9. The van der Waals surface area contributed by atoms with Crippen LogP contribution in [0.5, 0.6) is 0 Å². The quantitative estimate of drug-likeness (QED) is 0.906. The zero-order valence-corrected chi connectivity index (χ0v) is 12.3. The molecule has 0 spiro atoms. The van der Waals surface area contributed by atoms with Gasteiger partial charge in [0.2, 0.25) is 0 Å². The maximum atomic E-state index is 13.8. The minimum Gasteiger partial charge on any atom is -0.481 e. The van der Waals surface area contributed by atoms with Crippen LogP contribution >= 0.6 is 15.9 Å². The number of aliphatic carboxylic acids is 1. The summed E-state index contributed by atoms with van der Waals surface area (Å²) in [4.78, 5) is 24.6. The number of halogens is 2. The number of benzene rings is 1. The van der Waals surface area contributed by atoms with Crippen LogP contribution in [0.3, 0.4) is 0 Å². The van der Waals surface area contributed by atoms with Crippen molar-refractivity contribution in [2.24, 2.45) is 5.92 Å². The predicted molar refractivity (Wildman–Crippen MR) is 71.9 cm³/mol. The molecule has 2 unspecified atom stereocenters. The molecule has 1 heterocycles. The van der Waals surface area contributed by atoms with Gasteiger partial charge in [-0.05, 0) is 18.2 Å². The van der Waals surface area contributed by atoms with E-state index in [-0.39, 0.29) is 18.8 Å². The summed E-state index contributed by atoms with van der Waals surface area (Å²) in [6, 6.07) is 3.53. The van der Waals surface area contributed by atoms with E-state index in [9.17, 15) is 14.0 Å². The van der Waals surface area contributed by atoms with Crippen LogP contribution in [-0.2, 0) is 9.53 Å². The molecule has 20 heavy (non-hydrogen) atoms. The first-order valence-electron chi connectivity index (χ1n) is 5.94. The van der Waals surface area contributed by atoms with Gasteiger partial charge in [-0.2, -0.15) is 0 Å². The third-order valence-corrected chi connectivity index (χ3v) is 3.84. The Morgan fingerprint density at radius 1 is 1.45 bits per heavy atom. The molecule has 2 atom stereocenters. The van der Waals surface area contributed by atoms with Gasteiger partial charge < -0.3 is 14.7 Å². The number of hydrogen-bond acceptors (Lipinski definition) is 3. The van der Waals surface area contributed by atoms with Gasteiger partial charge in [0.05, 0.1) is 24.8 Å². The van der Waals surface area contributed by atoms with Crippen molar-refractivity contribution in [3.63, 3.8) is 0 Å². The second kappa shape index (κ2) is 5.88. The Morgan fingerprint density at radius 3 is 2.75 bits per heavy atom. The van der Waals surface area contributed by atoms with Crippen LogP contribution in [0.25, 0.3) is 0 Å². The molecule has 0 aliphatic carbocycles. The van der Waals surface area contributed by atoms with Crippen LogP contribution in [0.4, 0.5) is 4.39 Å². The van der Waals surface area contributed by atoms with E-state index in [0.717, 1.165) is 0 Å². The standard InChI is InChI=1S/C13H13BrFNO4/c1-16(11-6-20-5-9(11)13(18)19)12(17)8-3-2-7(14)4-10(8)15/h2-4,9,11H,5-6H2,1H3,(H,18,19). The topological polar surface area (TPSA) is 66.8 Å². The Labute approximate surface area is 123 Å². The van der Waals surface area contributed by atoms with Gasteiger partial charge in [0.15, 0.2) is 0 Å². The van der Waals surface area contributed by atoms with Gasteiger partial charge >= 0.3 is 5.97 Å². The molecule has 0 bridgehead atoms. The Bertz CT molecular complexity index is 551. The summed E-state index contributed by atoms with van der Waals surface area (Å²) in [6.07, 6.45) is 0. The second-order valence-electron chi connectivity index (χ2n) is 4.59. The average molecular weight is 346 g/mol. The lowest BCUT2D eigenvalue weighted by molar-refractivity contribution is -0.142. The van der Waals surface area contributed by atoms with E-state index >= 15 is 0 Å². The number of rotatable bonds is 3. The van der Waals surface area contributed by atoms with Crippen LogP contribution in [0.2, 0.25) is 0 Å². The fourth-order valence-corrected chi connectivity index (χ4v) is 2.50. The van der Waals surface area contributed by atoms with Crippen LogP contribution in [0, 0.1) is 11.7 Å². The fourth-order valence-electron chi connectivity index (χ4n) is 2.16. The van der Waals surface area contributed by atoms with Gasteiger partial charge in [0.1, 0.15) is 11.7 Å². The summed E-state index contributed by atoms with van der Waals surface area (Å²) >= 11 is 3.11. The summed E-state index contributed by atoms with van der Waals surface area (Å²) < 4.78 is 19.4. The van der Waals surface area contributed by atoms with Crippen LogP contribution in [-0.4, -0.2) is 48.2 Å². The molecular formula is C13H13BrFNO4. The summed E-state index contributed by atoms with van der Waals surface area (Å²) in [5, 5.41) is 9.08. The second-order valence-corrected chi connectivity index (χ2v) is 5.51. The molecule has 0 aromatic heterocycles. The number of ether oxygens (including phenoxy) is 1. The number of carboxylic acids is 1. The Morgan fingerprint density at radius 2 is 2.15 bits per heavy atom. The molecule has 0 saturated carbocycles. The first kappa shape index (κ1) is 14.9. The number of carboxylic acid groups (broad SMARTS) is 1. The summed E-state index contributed by atoms with van der Waals surface area (Å²) in [6.45, 7) is 0.192. The van der Waals surface area contributed by atoms with Crippen molar-refractivity contribution >= 4 is 27.8 Å². The Kier molecular flexibility index (Phi) is 4.39. The molecule has 1 N–H and O–H groups in total. The van der Waals surface area contributed by atoms with E-state index in [1.807, 2.05) is 0 Å². The molecule has 1 saturated heterocycles. The highest BCUT2D eigenvalue weighted by Gasteiger charge is 2.39. The van der Waals surface area contributed by atoms with E-state index in [4.69, 9.17) is 9.84 Å². The SMILES string of the molecule is CN(C(=O)c1ccc(Br)cc1F)C1COCC1C(=O)O. The molecule has 5 nitrogen and oxygen atoms in total. The maximum Gasteiger partial charge on any atom is 0.311 e. The Balaban J connectivity index is 2.22. The van der Waals surface area contributed by atoms with Gasteiger partial charge in [0, 0.05) is 11.5 Å². The fraction of sp³-hybridized carbons (Fsp3) is 0.385. The third kappa shape index (κ3) is 2.83. The van der Waals surface area contributed by atoms with Crippen LogP contribution < -0.4 is 0 Å².